The molecule has 3 amide bonds. The molecular formula is C14H16F3N3O2S. The summed E-state index contributed by atoms with van der Waals surface area (Å²) in [5.74, 6) is -0.532. The number of halogens is 3. The fourth-order valence-electron chi connectivity index (χ4n) is 2.13. The van der Waals surface area contributed by atoms with Crippen molar-refractivity contribution in [2.24, 2.45) is 0 Å². The zero-order valence-corrected chi connectivity index (χ0v) is 13.2. The molecule has 0 aromatic heterocycles. The molecule has 1 aromatic carbocycles. The molecule has 2 N–H and O–H groups in total. The van der Waals surface area contributed by atoms with E-state index in [2.05, 4.69) is 10.6 Å². The Labute approximate surface area is 135 Å². The van der Waals surface area contributed by atoms with Gasteiger partial charge in [0.05, 0.1) is 5.69 Å². The molecule has 2 rings (SSSR count). The zero-order valence-electron chi connectivity index (χ0n) is 12.4. The standard InChI is InChI=1S/C14H16F3N3O2S/c1-9-3-4-10(11(7-9)23-14(15,16)17)19-12(21)8-20-6-2-5-18-13(20)22/h3-4,7H,2,5-6,8H2,1H3,(H,18,22)(H,19,21). The van der Waals surface area contributed by atoms with Gasteiger partial charge in [-0.2, -0.15) is 13.2 Å². The summed E-state index contributed by atoms with van der Waals surface area (Å²) in [7, 11) is 0. The molecule has 126 valence electrons. The van der Waals surface area contributed by atoms with Gasteiger partial charge in [0.15, 0.2) is 0 Å². The first-order valence-corrected chi connectivity index (χ1v) is 7.75. The normalized spacial score (nSPS) is 15.3. The summed E-state index contributed by atoms with van der Waals surface area (Å²) in [5, 5.41) is 5.05. The largest absolute Gasteiger partial charge is 0.446 e. The first kappa shape index (κ1) is 17.5. The number of benzene rings is 1. The number of amides is 3. The predicted molar refractivity (Wildman–Crippen MR) is 81.3 cm³/mol. The van der Waals surface area contributed by atoms with E-state index in [1.165, 1.54) is 17.0 Å². The maximum absolute atomic E-state index is 12.6. The number of hydrogen-bond acceptors (Lipinski definition) is 3. The second-order valence-electron chi connectivity index (χ2n) is 5.10. The van der Waals surface area contributed by atoms with E-state index in [1.54, 1.807) is 13.0 Å². The number of urea groups is 1. The van der Waals surface area contributed by atoms with Crippen LogP contribution in [0.25, 0.3) is 0 Å². The summed E-state index contributed by atoms with van der Waals surface area (Å²) in [5.41, 5.74) is -3.70. The molecule has 0 aliphatic carbocycles. The Morgan fingerprint density at radius 3 is 2.83 bits per heavy atom. The van der Waals surface area contributed by atoms with Gasteiger partial charge in [-0.1, -0.05) is 6.07 Å². The minimum atomic E-state index is -4.44. The van der Waals surface area contributed by atoms with Crippen LogP contribution in [0.2, 0.25) is 0 Å². The molecule has 0 spiro atoms. The van der Waals surface area contributed by atoms with Crippen molar-refractivity contribution in [2.45, 2.75) is 23.7 Å². The number of carbonyl (C=O) groups excluding carboxylic acids is 2. The van der Waals surface area contributed by atoms with Crippen LogP contribution in [-0.2, 0) is 4.79 Å². The fraction of sp³-hybridized carbons (Fsp3) is 0.429. The van der Waals surface area contributed by atoms with Gasteiger partial charge in [0.2, 0.25) is 5.91 Å². The molecule has 1 aromatic rings. The molecule has 5 nitrogen and oxygen atoms in total. The summed E-state index contributed by atoms with van der Waals surface area (Å²) in [6, 6.07) is 4.06. The van der Waals surface area contributed by atoms with Crippen LogP contribution in [0.1, 0.15) is 12.0 Å². The number of rotatable bonds is 4. The van der Waals surface area contributed by atoms with Crippen LogP contribution >= 0.6 is 11.8 Å². The van der Waals surface area contributed by atoms with E-state index < -0.39 is 11.4 Å². The van der Waals surface area contributed by atoms with E-state index in [9.17, 15) is 22.8 Å². The van der Waals surface area contributed by atoms with Crippen LogP contribution in [0.4, 0.5) is 23.7 Å². The SMILES string of the molecule is Cc1ccc(NC(=O)CN2CCCNC2=O)c(SC(F)(F)F)c1. The van der Waals surface area contributed by atoms with Crippen LogP contribution in [0.3, 0.4) is 0 Å². The number of alkyl halides is 3. The number of hydrogen-bond donors (Lipinski definition) is 2. The van der Waals surface area contributed by atoms with Gasteiger partial charge in [0, 0.05) is 18.0 Å². The molecule has 1 fully saturated rings. The summed E-state index contributed by atoms with van der Waals surface area (Å²) >= 11 is -0.277. The van der Waals surface area contributed by atoms with Gasteiger partial charge in [-0.15, -0.1) is 0 Å². The number of aryl methyl sites for hydroxylation is 1. The maximum atomic E-state index is 12.6. The average Bonchev–Trinajstić information content (AvgIpc) is 2.43. The third kappa shape index (κ3) is 5.34. The van der Waals surface area contributed by atoms with Crippen molar-refractivity contribution in [1.29, 1.82) is 0 Å². The smallest absolute Gasteiger partial charge is 0.338 e. The minimum absolute atomic E-state index is 0.0751. The number of carbonyl (C=O) groups is 2. The number of nitrogens with zero attached hydrogens (tertiary/aromatic N) is 1. The lowest BCUT2D eigenvalue weighted by atomic mass is 10.2. The van der Waals surface area contributed by atoms with Crippen LogP contribution < -0.4 is 10.6 Å². The molecule has 1 aliphatic heterocycles. The van der Waals surface area contributed by atoms with Gasteiger partial charge in [0.1, 0.15) is 6.54 Å². The Hall–Kier alpha value is -1.90. The van der Waals surface area contributed by atoms with Gasteiger partial charge in [-0.25, -0.2) is 4.79 Å². The highest BCUT2D eigenvalue weighted by molar-refractivity contribution is 8.00. The zero-order chi connectivity index (χ0) is 17.0. The Balaban J connectivity index is 2.06. The van der Waals surface area contributed by atoms with Crippen LogP contribution in [0.15, 0.2) is 23.1 Å². The summed E-state index contributed by atoms with van der Waals surface area (Å²) in [4.78, 5) is 24.8. The van der Waals surface area contributed by atoms with Gasteiger partial charge in [0.25, 0.3) is 0 Å². The van der Waals surface area contributed by atoms with E-state index >= 15 is 0 Å². The third-order valence-electron chi connectivity index (χ3n) is 3.14. The van der Waals surface area contributed by atoms with Crippen molar-refractivity contribution in [2.75, 3.05) is 25.0 Å². The van der Waals surface area contributed by atoms with E-state index in [4.69, 9.17) is 0 Å². The molecule has 0 bridgehead atoms. The second-order valence-corrected chi connectivity index (χ2v) is 6.21. The summed E-state index contributed by atoms with van der Waals surface area (Å²) in [6.45, 7) is 2.47. The molecule has 0 unspecified atom stereocenters. The lowest BCUT2D eigenvalue weighted by Crippen LogP contribution is -2.49. The van der Waals surface area contributed by atoms with E-state index in [0.29, 0.717) is 18.7 Å². The molecule has 23 heavy (non-hydrogen) atoms. The number of thioether (sulfide) groups is 1. The van der Waals surface area contributed by atoms with Gasteiger partial charge >= 0.3 is 11.5 Å². The Kier molecular flexibility index (Phi) is 5.40. The van der Waals surface area contributed by atoms with Gasteiger partial charge in [-0.3, -0.25) is 4.79 Å². The number of anilines is 1. The monoisotopic (exact) mass is 347 g/mol. The molecule has 1 aliphatic rings. The molecular weight excluding hydrogens is 331 g/mol. The first-order valence-electron chi connectivity index (χ1n) is 6.93. The topological polar surface area (TPSA) is 61.4 Å². The minimum Gasteiger partial charge on any atom is -0.338 e. The van der Waals surface area contributed by atoms with Crippen LogP contribution in [0, 0.1) is 6.92 Å². The Bertz CT molecular complexity index is 607. The predicted octanol–water partition coefficient (Wildman–Crippen LogP) is 2.96. The molecule has 0 radical (unpaired) electrons. The average molecular weight is 347 g/mol. The lowest BCUT2D eigenvalue weighted by molar-refractivity contribution is -0.116. The summed E-state index contributed by atoms with van der Waals surface area (Å²) < 4.78 is 37.8. The van der Waals surface area contributed by atoms with E-state index in [0.717, 1.165) is 6.42 Å². The summed E-state index contributed by atoms with van der Waals surface area (Å²) in [6.07, 6.45) is 0.721. The van der Waals surface area contributed by atoms with Gasteiger partial charge in [-0.05, 0) is 42.8 Å². The van der Waals surface area contributed by atoms with Gasteiger partial charge < -0.3 is 15.5 Å². The molecule has 1 saturated heterocycles. The molecule has 1 heterocycles. The quantitative estimate of drug-likeness (QED) is 0.823. The first-order chi connectivity index (χ1) is 10.7. The van der Waals surface area contributed by atoms with E-state index in [-0.39, 0.29) is 34.9 Å². The Morgan fingerprint density at radius 1 is 1.43 bits per heavy atom. The molecule has 9 heteroatoms. The highest BCUT2D eigenvalue weighted by atomic mass is 32.2. The molecule has 0 atom stereocenters. The third-order valence-corrected chi connectivity index (χ3v) is 3.93. The highest BCUT2D eigenvalue weighted by Crippen LogP contribution is 2.40. The van der Waals surface area contributed by atoms with Crippen LogP contribution in [-0.4, -0.2) is 42.0 Å². The lowest BCUT2D eigenvalue weighted by Gasteiger charge is -2.26. The van der Waals surface area contributed by atoms with Crippen molar-refractivity contribution >= 4 is 29.4 Å². The van der Waals surface area contributed by atoms with Crippen molar-refractivity contribution < 1.29 is 22.8 Å². The number of nitrogens with one attached hydrogen (secondary N) is 2. The van der Waals surface area contributed by atoms with Crippen LogP contribution in [0.5, 0.6) is 0 Å². The second kappa shape index (κ2) is 7.12. The van der Waals surface area contributed by atoms with Crippen molar-refractivity contribution in [3.63, 3.8) is 0 Å². The molecule has 0 saturated carbocycles. The van der Waals surface area contributed by atoms with Crippen molar-refractivity contribution in [1.82, 2.24) is 10.2 Å². The van der Waals surface area contributed by atoms with Crippen molar-refractivity contribution in [3.05, 3.63) is 23.8 Å². The van der Waals surface area contributed by atoms with E-state index in [1.807, 2.05) is 0 Å². The maximum Gasteiger partial charge on any atom is 0.446 e. The Morgan fingerprint density at radius 2 is 2.17 bits per heavy atom. The highest BCUT2D eigenvalue weighted by Gasteiger charge is 2.31. The van der Waals surface area contributed by atoms with Crippen molar-refractivity contribution in [3.8, 4) is 0 Å². The fourth-order valence-corrected chi connectivity index (χ4v) is 2.86.